The number of piperidine rings is 1. The minimum absolute atomic E-state index is 0.0572. The second kappa shape index (κ2) is 6.11. The molecule has 1 aromatic carbocycles. The Hall–Kier alpha value is -2.11. The zero-order valence-corrected chi connectivity index (χ0v) is 12.0. The van der Waals surface area contributed by atoms with Crippen LogP contribution < -0.4 is 4.74 Å². The molecule has 1 N–H and O–H groups in total. The molecule has 2 unspecified atom stereocenters. The highest BCUT2D eigenvalue weighted by Crippen LogP contribution is 2.25. The van der Waals surface area contributed by atoms with Crippen LogP contribution in [0, 0.1) is 11.7 Å². The summed E-state index contributed by atoms with van der Waals surface area (Å²) < 4.78 is 18.5. The third kappa shape index (κ3) is 3.15. The van der Waals surface area contributed by atoms with Crippen LogP contribution in [-0.4, -0.2) is 41.6 Å². The number of carbonyl (C=O) groups is 2. The van der Waals surface area contributed by atoms with Crippen LogP contribution in [0.15, 0.2) is 18.2 Å². The van der Waals surface area contributed by atoms with Crippen LogP contribution in [0.2, 0.25) is 0 Å². The molecule has 0 aromatic heterocycles. The summed E-state index contributed by atoms with van der Waals surface area (Å²) in [5.74, 6) is -2.35. The second-order valence-electron chi connectivity index (χ2n) is 5.27. The number of methoxy groups -OCH3 is 1. The van der Waals surface area contributed by atoms with Gasteiger partial charge in [0, 0.05) is 18.2 Å². The number of likely N-dealkylation sites (tertiary alicyclic amines) is 1. The number of carbonyl (C=O) groups excluding carboxylic acids is 1. The maximum atomic E-state index is 13.7. The first kappa shape index (κ1) is 15.3. The van der Waals surface area contributed by atoms with Crippen molar-refractivity contribution in [3.63, 3.8) is 0 Å². The number of ether oxygens (including phenoxy) is 1. The molecule has 1 aromatic rings. The molecule has 0 bridgehead atoms. The van der Waals surface area contributed by atoms with Gasteiger partial charge in [0.25, 0.3) is 5.91 Å². The molecule has 2 rings (SSSR count). The van der Waals surface area contributed by atoms with Gasteiger partial charge in [-0.25, -0.2) is 4.39 Å². The number of carboxylic acids is 1. The molecule has 1 saturated heterocycles. The molecule has 1 fully saturated rings. The van der Waals surface area contributed by atoms with Gasteiger partial charge in [-0.05, 0) is 38.0 Å². The Morgan fingerprint density at radius 1 is 1.38 bits per heavy atom. The van der Waals surface area contributed by atoms with Crippen molar-refractivity contribution < 1.29 is 23.8 Å². The Balaban J connectivity index is 2.21. The highest BCUT2D eigenvalue weighted by Gasteiger charge is 2.33. The number of hydrogen-bond donors (Lipinski definition) is 1. The van der Waals surface area contributed by atoms with Crippen LogP contribution in [0.5, 0.6) is 5.75 Å². The summed E-state index contributed by atoms with van der Waals surface area (Å²) in [4.78, 5) is 25.0. The zero-order valence-electron chi connectivity index (χ0n) is 12.0. The Morgan fingerprint density at radius 2 is 2.10 bits per heavy atom. The van der Waals surface area contributed by atoms with Gasteiger partial charge in [-0.15, -0.1) is 0 Å². The topological polar surface area (TPSA) is 66.8 Å². The lowest BCUT2D eigenvalue weighted by atomic mass is 9.93. The average molecular weight is 295 g/mol. The van der Waals surface area contributed by atoms with Crippen molar-refractivity contribution in [1.82, 2.24) is 4.90 Å². The van der Waals surface area contributed by atoms with Gasteiger partial charge in [0.2, 0.25) is 0 Å². The smallest absolute Gasteiger partial charge is 0.308 e. The molecule has 0 saturated carbocycles. The normalized spacial score (nSPS) is 22.0. The van der Waals surface area contributed by atoms with Crippen LogP contribution in [0.25, 0.3) is 0 Å². The van der Waals surface area contributed by atoms with Gasteiger partial charge in [0.05, 0.1) is 13.0 Å². The van der Waals surface area contributed by atoms with E-state index in [-0.39, 0.29) is 29.8 Å². The summed E-state index contributed by atoms with van der Waals surface area (Å²) in [5, 5.41) is 9.09. The lowest BCUT2D eigenvalue weighted by molar-refractivity contribution is -0.143. The number of amides is 1. The summed E-state index contributed by atoms with van der Waals surface area (Å²) >= 11 is 0. The molecule has 114 valence electrons. The Labute approximate surface area is 122 Å². The van der Waals surface area contributed by atoms with Gasteiger partial charge >= 0.3 is 5.97 Å². The monoisotopic (exact) mass is 295 g/mol. The predicted molar refractivity (Wildman–Crippen MR) is 73.8 cm³/mol. The number of nitrogens with zero attached hydrogens (tertiary/aromatic N) is 1. The first-order chi connectivity index (χ1) is 9.93. The quantitative estimate of drug-likeness (QED) is 0.928. The van der Waals surface area contributed by atoms with Gasteiger partial charge in [-0.3, -0.25) is 9.59 Å². The molecule has 0 aliphatic carbocycles. The molecular formula is C15H18FNO4. The van der Waals surface area contributed by atoms with Crippen molar-refractivity contribution in [2.24, 2.45) is 5.92 Å². The second-order valence-corrected chi connectivity index (χ2v) is 5.27. The largest absolute Gasteiger partial charge is 0.494 e. The van der Waals surface area contributed by atoms with E-state index in [1.807, 2.05) is 6.92 Å². The summed E-state index contributed by atoms with van der Waals surface area (Å²) in [5.41, 5.74) is 0.200. The molecule has 6 heteroatoms. The number of benzene rings is 1. The fourth-order valence-corrected chi connectivity index (χ4v) is 2.56. The van der Waals surface area contributed by atoms with Crippen molar-refractivity contribution in [3.8, 4) is 5.75 Å². The molecule has 0 spiro atoms. The van der Waals surface area contributed by atoms with Crippen LogP contribution in [-0.2, 0) is 4.79 Å². The Bertz CT molecular complexity index is 561. The third-order valence-electron chi connectivity index (χ3n) is 3.89. The van der Waals surface area contributed by atoms with Crippen LogP contribution in [0.3, 0.4) is 0 Å². The van der Waals surface area contributed by atoms with E-state index in [9.17, 15) is 14.0 Å². The Kier molecular flexibility index (Phi) is 4.45. The van der Waals surface area contributed by atoms with E-state index >= 15 is 0 Å². The van der Waals surface area contributed by atoms with Crippen molar-refractivity contribution in [1.29, 1.82) is 0 Å². The first-order valence-electron chi connectivity index (χ1n) is 6.81. The van der Waals surface area contributed by atoms with Gasteiger partial charge in [0.15, 0.2) is 11.6 Å². The standard InChI is InChI=1S/C15H18FNO4/c1-9-3-4-11(15(19)20)8-17(9)14(18)10-5-6-13(21-2)12(16)7-10/h5-7,9,11H,3-4,8H2,1-2H3,(H,19,20). The van der Waals surface area contributed by atoms with Crippen LogP contribution >= 0.6 is 0 Å². The van der Waals surface area contributed by atoms with Crippen molar-refractivity contribution in [2.75, 3.05) is 13.7 Å². The molecular weight excluding hydrogens is 277 g/mol. The van der Waals surface area contributed by atoms with E-state index in [1.54, 1.807) is 0 Å². The summed E-state index contributed by atoms with van der Waals surface area (Å²) in [6, 6.07) is 3.95. The van der Waals surface area contributed by atoms with Gasteiger partial charge in [0.1, 0.15) is 0 Å². The maximum Gasteiger partial charge on any atom is 0.308 e. The van der Waals surface area contributed by atoms with Crippen molar-refractivity contribution >= 4 is 11.9 Å². The molecule has 1 heterocycles. The Morgan fingerprint density at radius 3 is 2.67 bits per heavy atom. The number of halogens is 1. The van der Waals surface area contributed by atoms with Gasteiger partial charge in [-0.2, -0.15) is 0 Å². The molecule has 21 heavy (non-hydrogen) atoms. The van der Waals surface area contributed by atoms with E-state index in [4.69, 9.17) is 9.84 Å². The number of carboxylic acid groups (broad SMARTS) is 1. The predicted octanol–water partition coefficient (Wildman–Crippen LogP) is 2.16. The maximum absolute atomic E-state index is 13.7. The molecule has 5 nitrogen and oxygen atoms in total. The number of rotatable bonds is 3. The van der Waals surface area contributed by atoms with E-state index in [2.05, 4.69) is 0 Å². The van der Waals surface area contributed by atoms with Gasteiger partial charge < -0.3 is 14.7 Å². The highest BCUT2D eigenvalue weighted by molar-refractivity contribution is 5.95. The lowest BCUT2D eigenvalue weighted by Crippen LogP contribution is -2.47. The molecule has 0 radical (unpaired) electrons. The molecule has 1 aliphatic heterocycles. The van der Waals surface area contributed by atoms with E-state index in [1.165, 1.54) is 24.1 Å². The lowest BCUT2D eigenvalue weighted by Gasteiger charge is -2.36. The fourth-order valence-electron chi connectivity index (χ4n) is 2.56. The number of hydrogen-bond acceptors (Lipinski definition) is 3. The minimum atomic E-state index is -0.902. The SMILES string of the molecule is COc1ccc(C(=O)N2CC(C(=O)O)CCC2C)cc1F. The van der Waals surface area contributed by atoms with Gasteiger partial charge in [-0.1, -0.05) is 0 Å². The summed E-state index contributed by atoms with van der Waals surface area (Å²) in [6.07, 6.45) is 1.18. The van der Waals surface area contributed by atoms with Crippen molar-refractivity contribution in [2.45, 2.75) is 25.8 Å². The van der Waals surface area contributed by atoms with E-state index in [0.717, 1.165) is 6.07 Å². The molecule has 2 atom stereocenters. The zero-order chi connectivity index (χ0) is 15.6. The summed E-state index contributed by atoms with van der Waals surface area (Å²) in [6.45, 7) is 2.03. The van der Waals surface area contributed by atoms with Crippen LogP contribution in [0.1, 0.15) is 30.1 Å². The molecule has 1 amide bonds. The summed E-state index contributed by atoms with van der Waals surface area (Å²) in [7, 11) is 1.35. The third-order valence-corrected chi connectivity index (χ3v) is 3.89. The highest BCUT2D eigenvalue weighted by atomic mass is 19.1. The minimum Gasteiger partial charge on any atom is -0.494 e. The van der Waals surface area contributed by atoms with Crippen molar-refractivity contribution in [3.05, 3.63) is 29.6 Å². The molecule has 1 aliphatic rings. The van der Waals surface area contributed by atoms with E-state index in [0.29, 0.717) is 12.8 Å². The van der Waals surface area contributed by atoms with Crippen LogP contribution in [0.4, 0.5) is 4.39 Å². The fraction of sp³-hybridized carbons (Fsp3) is 0.467. The van der Waals surface area contributed by atoms with E-state index < -0.39 is 17.7 Å². The average Bonchev–Trinajstić information content (AvgIpc) is 2.46. The number of aliphatic carboxylic acids is 1. The first-order valence-corrected chi connectivity index (χ1v) is 6.81.